The molecule has 2 aromatic carbocycles. The van der Waals surface area contributed by atoms with E-state index in [0.717, 1.165) is 55.2 Å². The van der Waals surface area contributed by atoms with Crippen LogP contribution in [-0.4, -0.2) is 31.6 Å². The van der Waals surface area contributed by atoms with E-state index < -0.39 is 0 Å². The third-order valence-electron chi connectivity index (χ3n) is 6.38. The van der Waals surface area contributed by atoms with Gasteiger partial charge in [0.05, 0.1) is 7.11 Å². The van der Waals surface area contributed by atoms with E-state index in [1.807, 2.05) is 42.5 Å². The third-order valence-corrected chi connectivity index (χ3v) is 6.38. The average Bonchev–Trinajstić information content (AvgIpc) is 3.26. The molecule has 0 spiro atoms. The summed E-state index contributed by atoms with van der Waals surface area (Å²) in [5, 5.41) is 0. The molecular formula is C28H38BNO4. The number of cyclic esters (lactones) is 1. The molecule has 1 aliphatic rings. The van der Waals surface area contributed by atoms with Crippen LogP contribution < -0.4 is 4.74 Å². The lowest BCUT2D eigenvalue weighted by Gasteiger charge is -2.28. The van der Waals surface area contributed by atoms with E-state index in [2.05, 4.69) is 39.0 Å². The smallest absolute Gasteiger partial charge is 0.417 e. The van der Waals surface area contributed by atoms with Crippen molar-refractivity contribution in [1.82, 2.24) is 4.90 Å². The first-order valence-corrected chi connectivity index (χ1v) is 12.6. The Morgan fingerprint density at radius 2 is 1.74 bits per heavy atom. The zero-order valence-corrected chi connectivity index (χ0v) is 21.0. The quantitative estimate of drug-likeness (QED) is 0.229. The first kappa shape index (κ1) is 25.7. The minimum absolute atomic E-state index is 0.0451. The fourth-order valence-corrected chi connectivity index (χ4v) is 4.28. The molecule has 2 atom stereocenters. The molecule has 0 radical (unpaired) electrons. The Morgan fingerprint density at radius 3 is 2.32 bits per heavy atom. The summed E-state index contributed by atoms with van der Waals surface area (Å²) in [5.41, 5.74) is 2.17. The molecule has 34 heavy (non-hydrogen) atoms. The molecule has 5 nitrogen and oxygen atoms in total. The van der Waals surface area contributed by atoms with E-state index in [9.17, 15) is 4.79 Å². The number of methoxy groups -OCH3 is 1. The Morgan fingerprint density at radius 1 is 1.09 bits per heavy atom. The monoisotopic (exact) mass is 463 g/mol. The highest BCUT2D eigenvalue weighted by Gasteiger charge is 2.38. The molecule has 1 fully saturated rings. The zero-order chi connectivity index (χ0) is 24.3. The van der Waals surface area contributed by atoms with Crippen LogP contribution in [-0.2, 0) is 9.39 Å². The summed E-state index contributed by atoms with van der Waals surface area (Å²) in [7, 11) is 1.67. The van der Waals surface area contributed by atoms with Crippen molar-refractivity contribution in [2.45, 2.75) is 71.1 Å². The van der Waals surface area contributed by atoms with Crippen molar-refractivity contribution in [1.29, 1.82) is 0 Å². The van der Waals surface area contributed by atoms with Crippen LogP contribution in [0.3, 0.4) is 0 Å². The Hall–Kier alpha value is -2.89. The molecule has 3 rings (SSSR count). The van der Waals surface area contributed by atoms with Gasteiger partial charge in [0.25, 0.3) is 0 Å². The van der Waals surface area contributed by atoms with Crippen LogP contribution in [0, 0.1) is 0 Å². The molecule has 0 unspecified atom stereocenters. The molecule has 1 amide bonds. The molecule has 0 bridgehead atoms. The lowest BCUT2D eigenvalue weighted by Crippen LogP contribution is -2.32. The van der Waals surface area contributed by atoms with Crippen LogP contribution in [0.25, 0.3) is 0 Å². The van der Waals surface area contributed by atoms with Crippen molar-refractivity contribution in [2.24, 2.45) is 0 Å². The summed E-state index contributed by atoms with van der Waals surface area (Å²) in [5.74, 6) is 1.46. The van der Waals surface area contributed by atoms with Crippen LogP contribution in [0.1, 0.15) is 69.5 Å². The summed E-state index contributed by atoms with van der Waals surface area (Å²) in [6, 6.07) is 17.9. The van der Waals surface area contributed by atoms with E-state index in [0.29, 0.717) is 12.5 Å². The Labute approximate surface area is 205 Å². The van der Waals surface area contributed by atoms with E-state index in [1.165, 1.54) is 0 Å². The fourth-order valence-electron chi connectivity index (χ4n) is 4.28. The maximum Gasteiger partial charge on any atom is 0.417 e. The van der Waals surface area contributed by atoms with Gasteiger partial charge in [0.15, 0.2) is 5.88 Å². The minimum Gasteiger partial charge on any atom is -0.549 e. The van der Waals surface area contributed by atoms with Gasteiger partial charge < -0.3 is 14.1 Å². The lowest BCUT2D eigenvalue weighted by molar-refractivity contribution is 0.151. The molecule has 0 aromatic heterocycles. The van der Waals surface area contributed by atoms with Crippen LogP contribution in [0.15, 0.2) is 66.6 Å². The van der Waals surface area contributed by atoms with E-state index in [-0.39, 0.29) is 25.0 Å². The molecule has 182 valence electrons. The molecule has 1 aliphatic heterocycles. The standard InChI is InChI=1S/C28H38BNO4/c1-5-7-18-29(19-8-6-2)34-27(20-22(3)23-14-16-25(32-4)17-15-23)30-26(21-33-28(30)31)24-12-10-9-11-13-24/h9-17,20,22,26H,5-8,18-19,21H2,1-4H3/b27-20-/t22-,26+/m1/s1. The molecule has 2 aromatic rings. The first-order chi connectivity index (χ1) is 16.6. The number of carbonyl (C=O) groups excluding carboxylic acids is 1. The lowest BCUT2D eigenvalue weighted by atomic mass is 9.59. The van der Waals surface area contributed by atoms with Crippen molar-refractivity contribution < 1.29 is 18.9 Å². The highest BCUT2D eigenvalue weighted by Crippen LogP contribution is 2.34. The second-order valence-corrected chi connectivity index (χ2v) is 8.96. The molecule has 0 aliphatic carbocycles. The number of rotatable bonds is 13. The largest absolute Gasteiger partial charge is 0.549 e. The fraction of sp³-hybridized carbons (Fsp3) is 0.464. The third kappa shape index (κ3) is 6.81. The number of nitrogens with zero attached hydrogens (tertiary/aromatic N) is 1. The number of hydrogen-bond donors (Lipinski definition) is 0. The Kier molecular flexibility index (Phi) is 9.93. The van der Waals surface area contributed by atoms with E-state index in [4.69, 9.17) is 14.1 Å². The van der Waals surface area contributed by atoms with Crippen molar-refractivity contribution in [3.05, 3.63) is 77.7 Å². The summed E-state index contributed by atoms with van der Waals surface area (Å²) in [4.78, 5) is 14.7. The van der Waals surface area contributed by atoms with Crippen molar-refractivity contribution in [2.75, 3.05) is 13.7 Å². The molecule has 6 heteroatoms. The van der Waals surface area contributed by atoms with Gasteiger partial charge in [-0.1, -0.05) is 88.9 Å². The van der Waals surface area contributed by atoms with Gasteiger partial charge in [0.2, 0.25) is 0 Å². The highest BCUT2D eigenvalue weighted by atomic mass is 16.6. The number of benzene rings is 2. The number of allylic oxidation sites excluding steroid dienone is 1. The van der Waals surface area contributed by atoms with Crippen molar-refractivity contribution >= 4 is 13.0 Å². The number of ether oxygens (including phenoxy) is 2. The van der Waals surface area contributed by atoms with E-state index in [1.54, 1.807) is 12.0 Å². The molecule has 0 saturated carbocycles. The second kappa shape index (κ2) is 13.1. The maximum absolute atomic E-state index is 13.0. The number of amides is 1. The zero-order valence-electron chi connectivity index (χ0n) is 21.0. The predicted octanol–water partition coefficient (Wildman–Crippen LogP) is 7.44. The predicted molar refractivity (Wildman–Crippen MR) is 138 cm³/mol. The number of unbranched alkanes of at least 4 members (excludes halogenated alkanes) is 2. The maximum atomic E-state index is 13.0. The Balaban J connectivity index is 1.95. The van der Waals surface area contributed by atoms with Gasteiger partial charge >= 0.3 is 13.0 Å². The van der Waals surface area contributed by atoms with Gasteiger partial charge in [-0.15, -0.1) is 0 Å². The van der Waals surface area contributed by atoms with Gasteiger partial charge in [0, 0.05) is 5.92 Å². The average molecular weight is 463 g/mol. The number of hydrogen-bond acceptors (Lipinski definition) is 4. The van der Waals surface area contributed by atoms with Crippen LogP contribution in [0.4, 0.5) is 4.79 Å². The normalized spacial score (nSPS) is 16.8. The highest BCUT2D eigenvalue weighted by molar-refractivity contribution is 6.52. The second-order valence-electron chi connectivity index (χ2n) is 8.96. The topological polar surface area (TPSA) is 48.0 Å². The van der Waals surface area contributed by atoms with Crippen LogP contribution in [0.2, 0.25) is 12.6 Å². The van der Waals surface area contributed by atoms with Crippen molar-refractivity contribution in [3.63, 3.8) is 0 Å². The van der Waals surface area contributed by atoms with Crippen LogP contribution >= 0.6 is 0 Å². The summed E-state index contributed by atoms with van der Waals surface area (Å²) < 4.78 is 17.5. The van der Waals surface area contributed by atoms with Gasteiger partial charge in [-0.2, -0.15) is 0 Å². The number of carbonyl (C=O) groups is 1. The summed E-state index contributed by atoms with van der Waals surface area (Å²) in [6.45, 7) is 6.90. The van der Waals surface area contributed by atoms with Gasteiger partial charge in [-0.05, 0) is 42.0 Å². The van der Waals surface area contributed by atoms with Crippen molar-refractivity contribution in [3.8, 4) is 5.75 Å². The molecule has 1 saturated heterocycles. The Bertz CT molecular complexity index is 908. The molecule has 0 N–H and O–H groups in total. The molecular weight excluding hydrogens is 425 g/mol. The summed E-state index contributed by atoms with van der Waals surface area (Å²) >= 11 is 0. The van der Waals surface area contributed by atoms with Gasteiger partial charge in [-0.3, -0.25) is 0 Å². The van der Waals surface area contributed by atoms with Crippen LogP contribution in [0.5, 0.6) is 5.75 Å². The van der Waals surface area contributed by atoms with Gasteiger partial charge in [-0.25, -0.2) is 9.69 Å². The minimum atomic E-state index is -0.355. The van der Waals surface area contributed by atoms with E-state index >= 15 is 0 Å². The summed E-state index contributed by atoms with van der Waals surface area (Å²) in [6.07, 6.45) is 8.09. The van der Waals surface area contributed by atoms with Gasteiger partial charge in [0.1, 0.15) is 18.4 Å². The SMILES string of the molecule is CCCCB(CCCC)O/C(=C\[C@@H](C)c1ccc(OC)cc1)N1C(=O)OC[C@H]1c1ccccc1. The molecule has 1 heterocycles. The first-order valence-electron chi connectivity index (χ1n) is 12.6.